The summed E-state index contributed by atoms with van der Waals surface area (Å²) in [6.07, 6.45) is 9.82. The molecule has 0 amide bonds. The van der Waals surface area contributed by atoms with Gasteiger partial charge >= 0.3 is 5.97 Å². The molecule has 0 fully saturated rings. The van der Waals surface area contributed by atoms with Crippen LogP contribution in [0.3, 0.4) is 0 Å². The first-order chi connectivity index (χ1) is 7.77. The van der Waals surface area contributed by atoms with E-state index in [2.05, 4.69) is 6.58 Å². The molecule has 0 saturated carbocycles. The van der Waals surface area contributed by atoms with Gasteiger partial charge in [0.15, 0.2) is 0 Å². The molecule has 0 saturated heterocycles. The Morgan fingerprint density at radius 2 is 2.00 bits per heavy atom. The van der Waals surface area contributed by atoms with E-state index in [0.717, 1.165) is 0 Å². The molecular weight excluding hydrogens is 204 g/mol. The van der Waals surface area contributed by atoms with Crippen molar-refractivity contribution in [1.29, 1.82) is 0 Å². The molecule has 0 aliphatic heterocycles. The van der Waals surface area contributed by atoms with Crippen LogP contribution in [-0.2, 0) is 9.53 Å². The van der Waals surface area contributed by atoms with Crippen LogP contribution in [0, 0.1) is 0 Å². The number of carboxylic acid groups (broad SMARTS) is 1. The molecule has 0 aliphatic rings. The van der Waals surface area contributed by atoms with Crippen molar-refractivity contribution >= 4 is 5.97 Å². The Balaban J connectivity index is 0. The van der Waals surface area contributed by atoms with Gasteiger partial charge in [-0.1, -0.05) is 50.8 Å². The molecule has 0 spiro atoms. The maximum atomic E-state index is 10.1. The summed E-state index contributed by atoms with van der Waals surface area (Å²) in [5.74, 6) is -0.780. The van der Waals surface area contributed by atoms with Gasteiger partial charge in [-0.15, -0.1) is 0 Å². The van der Waals surface area contributed by atoms with Crippen LogP contribution >= 0.6 is 0 Å². The van der Waals surface area contributed by atoms with E-state index >= 15 is 0 Å². The highest BCUT2D eigenvalue weighted by Crippen LogP contribution is 1.90. The smallest absolute Gasteiger partial charge is 0.303 e. The minimum Gasteiger partial charge on any atom is -0.481 e. The Hall–Kier alpha value is -1.35. The summed E-state index contributed by atoms with van der Waals surface area (Å²) in [5.41, 5.74) is 0. The number of carbonyl (C=O) groups is 1. The number of hydrogen-bond donors (Lipinski definition) is 1. The second kappa shape index (κ2) is 16.1. The Morgan fingerprint density at radius 3 is 2.56 bits per heavy atom. The fraction of sp³-hybridized carbons (Fsp3) is 0.462. The van der Waals surface area contributed by atoms with E-state index < -0.39 is 5.97 Å². The van der Waals surface area contributed by atoms with Crippen LogP contribution in [0.4, 0.5) is 0 Å². The van der Waals surface area contributed by atoms with E-state index in [4.69, 9.17) is 9.84 Å². The molecule has 0 heterocycles. The minimum atomic E-state index is -0.780. The highest BCUT2D eigenvalue weighted by Gasteiger charge is 1.94. The van der Waals surface area contributed by atoms with Crippen LogP contribution < -0.4 is 0 Å². The standard InChI is InChI=1S/C11H16O3.C2H6/c1-2-3-4-5-6-9-14-10-7-8-11(12)13;1-2/h2-6H,1,7-10H2,(H,12,13);1-2H3/b4-3-,6-5-;. The van der Waals surface area contributed by atoms with Gasteiger partial charge in [-0.05, 0) is 6.42 Å². The van der Waals surface area contributed by atoms with E-state index in [1.807, 2.05) is 38.2 Å². The zero-order valence-corrected chi connectivity index (χ0v) is 10.2. The summed E-state index contributed by atoms with van der Waals surface area (Å²) in [7, 11) is 0. The summed E-state index contributed by atoms with van der Waals surface area (Å²) in [6.45, 7) is 8.53. The van der Waals surface area contributed by atoms with Crippen molar-refractivity contribution in [1.82, 2.24) is 0 Å². The van der Waals surface area contributed by atoms with Gasteiger partial charge in [0.1, 0.15) is 0 Å². The molecule has 16 heavy (non-hydrogen) atoms. The lowest BCUT2D eigenvalue weighted by molar-refractivity contribution is -0.137. The van der Waals surface area contributed by atoms with Gasteiger partial charge in [0, 0.05) is 13.0 Å². The van der Waals surface area contributed by atoms with Gasteiger partial charge in [-0.2, -0.15) is 0 Å². The third kappa shape index (κ3) is 18.4. The first kappa shape index (κ1) is 17.1. The molecule has 0 unspecified atom stereocenters. The molecule has 0 bridgehead atoms. The summed E-state index contributed by atoms with van der Waals surface area (Å²) >= 11 is 0. The maximum absolute atomic E-state index is 10.1. The first-order valence-electron chi connectivity index (χ1n) is 5.51. The quantitative estimate of drug-likeness (QED) is 0.510. The number of allylic oxidation sites excluding steroid dienone is 4. The largest absolute Gasteiger partial charge is 0.481 e. The second-order valence-corrected chi connectivity index (χ2v) is 2.62. The SMILES string of the molecule is C=C/C=C\C=C/COCCCC(=O)O.CC. The minimum absolute atomic E-state index is 0.167. The highest BCUT2D eigenvalue weighted by atomic mass is 16.5. The number of aliphatic carboxylic acids is 1. The zero-order valence-electron chi connectivity index (χ0n) is 10.2. The number of hydrogen-bond acceptors (Lipinski definition) is 2. The molecule has 1 N–H and O–H groups in total. The van der Waals surface area contributed by atoms with Gasteiger partial charge in [0.25, 0.3) is 0 Å². The van der Waals surface area contributed by atoms with Crippen LogP contribution in [0.25, 0.3) is 0 Å². The van der Waals surface area contributed by atoms with E-state index in [-0.39, 0.29) is 6.42 Å². The van der Waals surface area contributed by atoms with Crippen molar-refractivity contribution in [3.63, 3.8) is 0 Å². The van der Waals surface area contributed by atoms with Crippen molar-refractivity contribution in [2.24, 2.45) is 0 Å². The fourth-order valence-corrected chi connectivity index (χ4v) is 0.754. The Bertz CT molecular complexity index is 217. The molecule has 0 aromatic carbocycles. The van der Waals surface area contributed by atoms with E-state index in [9.17, 15) is 4.79 Å². The van der Waals surface area contributed by atoms with Gasteiger partial charge in [0.2, 0.25) is 0 Å². The Labute approximate surface area is 98.1 Å². The molecule has 0 aromatic heterocycles. The lowest BCUT2D eigenvalue weighted by atomic mass is 10.3. The predicted molar refractivity (Wildman–Crippen MR) is 67.5 cm³/mol. The molecule has 3 nitrogen and oxygen atoms in total. The average Bonchev–Trinajstić information content (AvgIpc) is 2.29. The van der Waals surface area contributed by atoms with Crippen LogP contribution in [0.15, 0.2) is 37.0 Å². The molecular formula is C13H22O3. The molecule has 0 atom stereocenters. The third-order valence-electron chi connectivity index (χ3n) is 1.39. The van der Waals surface area contributed by atoms with Gasteiger partial charge < -0.3 is 9.84 Å². The number of rotatable bonds is 8. The summed E-state index contributed by atoms with van der Waals surface area (Å²) in [5, 5.41) is 8.33. The summed E-state index contributed by atoms with van der Waals surface area (Å²) in [4.78, 5) is 10.1. The van der Waals surface area contributed by atoms with E-state index in [1.54, 1.807) is 6.08 Å². The van der Waals surface area contributed by atoms with Gasteiger partial charge in [-0.3, -0.25) is 4.79 Å². The first-order valence-corrected chi connectivity index (χ1v) is 5.51. The second-order valence-electron chi connectivity index (χ2n) is 2.62. The molecule has 0 aliphatic carbocycles. The molecule has 3 heteroatoms. The van der Waals surface area contributed by atoms with Gasteiger partial charge in [0.05, 0.1) is 6.61 Å². The Kier molecular flexibility index (Phi) is 17.2. The lowest BCUT2D eigenvalue weighted by Crippen LogP contribution is -1.99. The van der Waals surface area contributed by atoms with Crippen molar-refractivity contribution in [2.45, 2.75) is 26.7 Å². The van der Waals surface area contributed by atoms with Crippen LogP contribution in [0.5, 0.6) is 0 Å². The van der Waals surface area contributed by atoms with Crippen LogP contribution in [0.2, 0.25) is 0 Å². The zero-order chi connectivity index (χ0) is 12.6. The molecule has 0 radical (unpaired) electrons. The number of carboxylic acids is 1. The highest BCUT2D eigenvalue weighted by molar-refractivity contribution is 5.66. The fourth-order valence-electron chi connectivity index (χ4n) is 0.754. The Morgan fingerprint density at radius 1 is 1.31 bits per heavy atom. The van der Waals surface area contributed by atoms with E-state index in [0.29, 0.717) is 19.6 Å². The normalized spacial score (nSPS) is 10.1. The average molecular weight is 226 g/mol. The number of ether oxygens (including phenoxy) is 1. The molecule has 92 valence electrons. The molecule has 0 aromatic rings. The van der Waals surface area contributed by atoms with Crippen molar-refractivity contribution in [3.8, 4) is 0 Å². The van der Waals surface area contributed by atoms with E-state index in [1.165, 1.54) is 0 Å². The van der Waals surface area contributed by atoms with Crippen LogP contribution in [0.1, 0.15) is 26.7 Å². The van der Waals surface area contributed by atoms with Gasteiger partial charge in [-0.25, -0.2) is 0 Å². The third-order valence-corrected chi connectivity index (χ3v) is 1.39. The summed E-state index contributed by atoms with van der Waals surface area (Å²) < 4.78 is 5.15. The predicted octanol–water partition coefficient (Wildman–Crippen LogP) is 3.19. The maximum Gasteiger partial charge on any atom is 0.303 e. The summed E-state index contributed by atoms with van der Waals surface area (Å²) in [6, 6.07) is 0. The van der Waals surface area contributed by atoms with Crippen molar-refractivity contribution in [2.75, 3.05) is 13.2 Å². The monoisotopic (exact) mass is 226 g/mol. The molecule has 0 rings (SSSR count). The lowest BCUT2D eigenvalue weighted by Gasteiger charge is -1.97. The van der Waals surface area contributed by atoms with Crippen LogP contribution in [-0.4, -0.2) is 24.3 Å². The topological polar surface area (TPSA) is 46.5 Å². The van der Waals surface area contributed by atoms with Crippen molar-refractivity contribution in [3.05, 3.63) is 37.0 Å². The van der Waals surface area contributed by atoms with Crippen molar-refractivity contribution < 1.29 is 14.6 Å².